The molecule has 0 amide bonds. The molecule has 0 aliphatic carbocycles. The van der Waals surface area contributed by atoms with Gasteiger partial charge in [-0.15, -0.1) is 0 Å². The molecule has 51 heavy (non-hydrogen) atoms. The Morgan fingerprint density at radius 3 is 1.25 bits per heavy atom. The van der Waals surface area contributed by atoms with Gasteiger partial charge in [0.25, 0.3) is 0 Å². The number of carbonyl (C=O) groups excluding carboxylic acids is 1. The Morgan fingerprint density at radius 1 is 0.588 bits per heavy atom. The zero-order valence-corrected chi connectivity index (χ0v) is 27.1. The summed E-state index contributed by atoms with van der Waals surface area (Å²) >= 11 is 1.13. The lowest BCUT2D eigenvalue weighted by atomic mass is 9.31. The molecule has 268 valence electrons. The number of allylic oxidation sites excluding steroid dienone is 2. The van der Waals surface area contributed by atoms with Gasteiger partial charge in [-0.1, -0.05) is 30.3 Å². The van der Waals surface area contributed by atoms with Crippen molar-refractivity contribution in [2.45, 2.75) is 19.7 Å². The molecule has 4 rings (SSSR count). The molecule has 0 aromatic heterocycles. The van der Waals surface area contributed by atoms with E-state index in [1.165, 1.54) is 18.2 Å². The molecule has 1 unspecified atom stereocenters. The van der Waals surface area contributed by atoms with E-state index < -0.39 is 137 Å². The molecule has 0 aliphatic rings. The van der Waals surface area contributed by atoms with Gasteiger partial charge >= 0.3 is 5.97 Å². The molecular weight excluding hydrogens is 839 g/mol. The maximum Gasteiger partial charge on any atom is 0.307 e. The minimum absolute atomic E-state index is 0.311. The molecule has 2 nitrogen and oxygen atoms in total. The number of halogens is 16. The molecule has 0 heterocycles. The van der Waals surface area contributed by atoms with Crippen LogP contribution in [0, 0.1) is 87.3 Å². The minimum atomic E-state index is -3.62. The Bertz CT molecular complexity index is 2000. The number of ether oxygens (including phenoxy) is 1. The summed E-state index contributed by atoms with van der Waals surface area (Å²) < 4.78 is 230. The standard InChI is InChI=1S/C32H13BF15IO2/c1-3-11(51-9(2)50)14(12(32(49)10-7-5-4-6-8-10)13-17(34)23(40)29(46)24(41)18(13)35)33(15-19(36)25(42)30(47)26(43)20(15)37)16-21(38)27(44)31(48)28(45)22(16)39/h3-8,14H,1-2H3/b11-3-,32-12-. The fourth-order valence-corrected chi connectivity index (χ4v) is 6.16. The van der Waals surface area contributed by atoms with Crippen LogP contribution in [0.3, 0.4) is 0 Å². The van der Waals surface area contributed by atoms with Crippen LogP contribution < -0.4 is 10.9 Å². The summed E-state index contributed by atoms with van der Waals surface area (Å²) in [5.41, 5.74) is -8.82. The highest BCUT2D eigenvalue weighted by Crippen LogP contribution is 2.48. The molecule has 0 spiro atoms. The Balaban J connectivity index is 2.46. The van der Waals surface area contributed by atoms with Crippen LogP contribution in [0.1, 0.15) is 25.0 Å². The maximum absolute atomic E-state index is 15.7. The summed E-state index contributed by atoms with van der Waals surface area (Å²) in [5.74, 6) is -49.0. The van der Waals surface area contributed by atoms with Gasteiger partial charge in [0, 0.05) is 27.2 Å². The predicted octanol–water partition coefficient (Wildman–Crippen LogP) is 9.22. The third kappa shape index (κ3) is 6.71. The highest BCUT2D eigenvalue weighted by atomic mass is 127. The first-order chi connectivity index (χ1) is 23.8. The number of carbonyl (C=O) groups is 1. The summed E-state index contributed by atoms with van der Waals surface area (Å²) in [6.45, 7) is -2.20. The predicted molar refractivity (Wildman–Crippen MR) is 160 cm³/mol. The Labute approximate surface area is 290 Å². The van der Waals surface area contributed by atoms with Crippen LogP contribution in [0.4, 0.5) is 65.9 Å². The van der Waals surface area contributed by atoms with Crippen molar-refractivity contribution in [3.05, 3.63) is 141 Å². The van der Waals surface area contributed by atoms with E-state index in [2.05, 4.69) is 0 Å². The fourth-order valence-electron chi connectivity index (χ4n) is 5.19. The molecule has 1 atom stereocenters. The van der Waals surface area contributed by atoms with Crippen molar-refractivity contribution in [3.63, 3.8) is 0 Å². The number of benzene rings is 4. The normalized spacial score (nSPS) is 12.9. The summed E-state index contributed by atoms with van der Waals surface area (Å²) in [4.78, 5) is 12.2. The van der Waals surface area contributed by atoms with Crippen molar-refractivity contribution in [2.24, 2.45) is 0 Å². The summed E-state index contributed by atoms with van der Waals surface area (Å²) in [5, 5.41) is 0. The Morgan fingerprint density at radius 2 is 0.922 bits per heavy atom. The molecule has 19 heteroatoms. The van der Waals surface area contributed by atoms with Crippen molar-refractivity contribution in [1.82, 2.24) is 0 Å². The van der Waals surface area contributed by atoms with Gasteiger partial charge in [0.05, 0.1) is 5.56 Å². The zero-order chi connectivity index (χ0) is 38.4. The van der Waals surface area contributed by atoms with Crippen LogP contribution in [-0.2, 0) is 9.53 Å². The van der Waals surface area contributed by atoms with Crippen molar-refractivity contribution in [2.75, 3.05) is 0 Å². The van der Waals surface area contributed by atoms with Crippen LogP contribution in [0.15, 0.2) is 42.2 Å². The van der Waals surface area contributed by atoms with Crippen molar-refractivity contribution in [3.8, 4) is 0 Å². The number of esters is 1. The monoisotopic (exact) mass is 852 g/mol. The molecule has 0 aliphatic heterocycles. The first kappa shape index (κ1) is 39.4. The molecule has 4 aromatic rings. The third-order valence-electron chi connectivity index (χ3n) is 7.35. The smallest absolute Gasteiger partial charge is 0.307 e. The summed E-state index contributed by atoms with van der Waals surface area (Å²) in [6, 6.07) is 5.86. The van der Waals surface area contributed by atoms with Crippen LogP contribution in [0.25, 0.3) is 9.15 Å². The van der Waals surface area contributed by atoms with Gasteiger partial charge in [0.1, 0.15) is 5.76 Å². The number of rotatable bonds is 8. The van der Waals surface area contributed by atoms with Crippen LogP contribution >= 0.6 is 22.6 Å². The van der Waals surface area contributed by atoms with Gasteiger partial charge < -0.3 is 4.74 Å². The largest absolute Gasteiger partial charge is 0.432 e. The molecule has 0 N–H and O–H groups in total. The molecule has 0 saturated carbocycles. The van der Waals surface area contributed by atoms with Crippen LogP contribution in [0.5, 0.6) is 0 Å². The Kier molecular flexibility index (Phi) is 11.6. The van der Waals surface area contributed by atoms with E-state index in [4.69, 9.17) is 4.74 Å². The lowest BCUT2D eigenvalue weighted by molar-refractivity contribution is -0.136. The van der Waals surface area contributed by atoms with Gasteiger partial charge in [-0.3, -0.25) is 4.79 Å². The van der Waals surface area contributed by atoms with E-state index in [9.17, 15) is 44.3 Å². The minimum Gasteiger partial charge on any atom is -0.432 e. The van der Waals surface area contributed by atoms with E-state index >= 15 is 26.3 Å². The van der Waals surface area contributed by atoms with E-state index in [0.717, 1.165) is 41.6 Å². The quantitative estimate of drug-likeness (QED) is 0.0259. The maximum atomic E-state index is 15.7. The van der Waals surface area contributed by atoms with Crippen LogP contribution in [0.2, 0.25) is 5.82 Å². The first-order valence-electron chi connectivity index (χ1n) is 13.7. The van der Waals surface area contributed by atoms with Crippen molar-refractivity contribution in [1.29, 1.82) is 0 Å². The van der Waals surface area contributed by atoms with E-state index in [-0.39, 0.29) is 5.56 Å². The van der Waals surface area contributed by atoms with E-state index in [1.54, 1.807) is 0 Å². The third-order valence-corrected chi connectivity index (χ3v) is 8.55. The van der Waals surface area contributed by atoms with E-state index in [0.29, 0.717) is 13.0 Å². The second-order valence-corrected chi connectivity index (χ2v) is 11.3. The summed E-state index contributed by atoms with van der Waals surface area (Å²) in [6.07, 6.45) is 0.526. The fraction of sp³-hybridized carbons (Fsp3) is 0.0938. The summed E-state index contributed by atoms with van der Waals surface area (Å²) in [7, 11) is 0. The van der Waals surface area contributed by atoms with Crippen molar-refractivity contribution < 1.29 is 75.4 Å². The zero-order valence-electron chi connectivity index (χ0n) is 25.0. The molecule has 0 saturated heterocycles. The average molecular weight is 852 g/mol. The van der Waals surface area contributed by atoms with Gasteiger partial charge in [-0.2, -0.15) is 0 Å². The van der Waals surface area contributed by atoms with Gasteiger partial charge in [-0.05, 0) is 46.7 Å². The first-order valence-corrected chi connectivity index (χ1v) is 14.7. The molecule has 4 aromatic carbocycles. The van der Waals surface area contributed by atoms with Crippen molar-refractivity contribution >= 4 is 55.4 Å². The Hall–Kier alpha value is -4.43. The number of hydrogen-bond donors (Lipinski definition) is 0. The second kappa shape index (κ2) is 15.0. The van der Waals surface area contributed by atoms with E-state index in [1.807, 2.05) is 0 Å². The highest BCUT2D eigenvalue weighted by molar-refractivity contribution is 14.1. The molecule has 0 radical (unpaired) electrons. The molecule has 0 bridgehead atoms. The molecule has 0 fully saturated rings. The van der Waals surface area contributed by atoms with Gasteiger partial charge in [0.2, 0.25) is 12.5 Å². The second-order valence-electron chi connectivity index (χ2n) is 10.2. The lowest BCUT2D eigenvalue weighted by Crippen LogP contribution is -2.54. The topological polar surface area (TPSA) is 26.3 Å². The highest BCUT2D eigenvalue weighted by Gasteiger charge is 2.49. The molecular formula is C32H13BF15IO2. The average Bonchev–Trinajstić information content (AvgIpc) is 3.11. The lowest BCUT2D eigenvalue weighted by Gasteiger charge is -2.32. The van der Waals surface area contributed by atoms with Gasteiger partial charge in [0.15, 0.2) is 81.4 Å². The SMILES string of the molecule is C/C=C(\OC(C)=O)C(B(c1c(F)c(F)c(F)c(F)c1F)c1c(F)c(F)c(F)c(F)c1F)/C(=C(\I)c1ccccc1)c1c(F)c(F)c(F)c(F)c1F. The van der Waals surface area contributed by atoms with Gasteiger partial charge in [-0.25, -0.2) is 65.9 Å². The van der Waals surface area contributed by atoms with Crippen LogP contribution in [-0.4, -0.2) is 12.7 Å². The number of hydrogen-bond acceptors (Lipinski definition) is 2.